The van der Waals surface area contributed by atoms with Crippen molar-refractivity contribution in [2.45, 2.75) is 38.3 Å². The summed E-state index contributed by atoms with van der Waals surface area (Å²) in [5, 5.41) is 0. The summed E-state index contributed by atoms with van der Waals surface area (Å²) in [6, 6.07) is 9.77. The maximum Gasteiger partial charge on any atom is 0.348 e. The van der Waals surface area contributed by atoms with E-state index < -0.39 is 11.5 Å². The lowest BCUT2D eigenvalue weighted by molar-refractivity contribution is 0.201. The minimum atomic E-state index is -0.432. The zero-order valence-corrected chi connectivity index (χ0v) is 17.6. The molecule has 0 amide bonds. The Hall–Kier alpha value is -3.68. The molecule has 7 nitrogen and oxygen atoms in total. The molecule has 1 aliphatic carbocycles. The van der Waals surface area contributed by atoms with E-state index in [2.05, 4.69) is 9.97 Å². The monoisotopic (exact) mass is 435 g/mol. The highest BCUT2D eigenvalue weighted by molar-refractivity contribution is 5.72. The van der Waals surface area contributed by atoms with Gasteiger partial charge in [-0.05, 0) is 55.5 Å². The van der Waals surface area contributed by atoms with Gasteiger partial charge in [-0.15, -0.1) is 0 Å². The van der Waals surface area contributed by atoms with Crippen LogP contribution in [-0.2, 0) is 6.54 Å². The summed E-state index contributed by atoms with van der Waals surface area (Å²) in [7, 11) is 1.62. The zero-order chi connectivity index (χ0) is 22.1. The number of benzene rings is 2. The van der Waals surface area contributed by atoms with Crippen molar-refractivity contribution < 1.29 is 18.3 Å². The average Bonchev–Trinajstić information content (AvgIpc) is 3.44. The number of rotatable bonds is 6. The van der Waals surface area contributed by atoms with Crippen LogP contribution in [0.25, 0.3) is 22.2 Å². The van der Waals surface area contributed by atoms with Gasteiger partial charge >= 0.3 is 5.69 Å². The molecule has 2 aromatic heterocycles. The van der Waals surface area contributed by atoms with E-state index in [0.717, 1.165) is 24.0 Å². The molecule has 0 aliphatic heterocycles. The number of oxazole rings is 1. The minimum Gasteiger partial charge on any atom is -0.493 e. The Bertz CT molecular complexity index is 1320. The SMILES string of the molecule is COc1ccc(-c2cnc(=O)n(Cc3nc4cc(F)ccc4o3)c2)cc1OC1CCCC1. The second-order valence-electron chi connectivity index (χ2n) is 7.86. The van der Waals surface area contributed by atoms with Crippen LogP contribution >= 0.6 is 0 Å². The largest absolute Gasteiger partial charge is 0.493 e. The molecule has 1 saturated carbocycles. The Morgan fingerprint density at radius 1 is 1.12 bits per heavy atom. The fourth-order valence-electron chi connectivity index (χ4n) is 4.01. The van der Waals surface area contributed by atoms with E-state index in [-0.39, 0.29) is 12.6 Å². The van der Waals surface area contributed by atoms with Gasteiger partial charge in [0.05, 0.1) is 13.2 Å². The zero-order valence-electron chi connectivity index (χ0n) is 17.6. The number of ether oxygens (including phenoxy) is 2. The Morgan fingerprint density at radius 2 is 1.97 bits per heavy atom. The minimum absolute atomic E-state index is 0.0809. The third-order valence-electron chi connectivity index (χ3n) is 5.65. The number of hydrogen-bond donors (Lipinski definition) is 0. The van der Waals surface area contributed by atoms with E-state index in [0.29, 0.717) is 28.5 Å². The lowest BCUT2D eigenvalue weighted by atomic mass is 10.1. The molecule has 8 heteroatoms. The first kappa shape index (κ1) is 20.2. The molecule has 0 bridgehead atoms. The number of halogens is 1. The Balaban J connectivity index is 1.45. The number of hydrogen-bond acceptors (Lipinski definition) is 6. The highest BCUT2D eigenvalue weighted by Gasteiger charge is 2.19. The van der Waals surface area contributed by atoms with Crippen LogP contribution < -0.4 is 15.2 Å². The topological polar surface area (TPSA) is 79.4 Å². The molecule has 0 saturated heterocycles. The molecular formula is C24H22FN3O4. The first-order valence-electron chi connectivity index (χ1n) is 10.6. The van der Waals surface area contributed by atoms with E-state index in [1.54, 1.807) is 13.3 Å². The molecule has 2 heterocycles. The van der Waals surface area contributed by atoms with Gasteiger partial charge in [0.2, 0.25) is 5.89 Å². The van der Waals surface area contributed by atoms with Crippen molar-refractivity contribution in [3.63, 3.8) is 0 Å². The maximum absolute atomic E-state index is 13.4. The van der Waals surface area contributed by atoms with Crippen LogP contribution in [-0.4, -0.2) is 27.7 Å². The quantitative estimate of drug-likeness (QED) is 0.441. The van der Waals surface area contributed by atoms with E-state index in [9.17, 15) is 9.18 Å². The lowest BCUT2D eigenvalue weighted by Crippen LogP contribution is -2.22. The first-order valence-corrected chi connectivity index (χ1v) is 10.6. The number of aromatic nitrogens is 3. The van der Waals surface area contributed by atoms with Gasteiger partial charge < -0.3 is 13.9 Å². The predicted molar refractivity (Wildman–Crippen MR) is 116 cm³/mol. The molecule has 0 atom stereocenters. The lowest BCUT2D eigenvalue weighted by Gasteiger charge is -2.17. The summed E-state index contributed by atoms with van der Waals surface area (Å²) in [5.74, 6) is 1.25. The molecule has 0 N–H and O–H groups in total. The van der Waals surface area contributed by atoms with Crippen LogP contribution in [0.4, 0.5) is 4.39 Å². The van der Waals surface area contributed by atoms with Gasteiger partial charge in [0.25, 0.3) is 0 Å². The van der Waals surface area contributed by atoms with Gasteiger partial charge in [-0.2, -0.15) is 0 Å². The molecule has 0 radical (unpaired) electrons. The van der Waals surface area contributed by atoms with Gasteiger partial charge in [0.1, 0.15) is 17.9 Å². The first-order chi connectivity index (χ1) is 15.6. The van der Waals surface area contributed by atoms with Crippen molar-refractivity contribution in [1.29, 1.82) is 0 Å². The Morgan fingerprint density at radius 3 is 2.78 bits per heavy atom. The van der Waals surface area contributed by atoms with Crippen molar-refractivity contribution in [2.24, 2.45) is 0 Å². The summed E-state index contributed by atoms with van der Waals surface area (Å²) in [5.41, 5.74) is 2.02. The summed E-state index contributed by atoms with van der Waals surface area (Å²) in [4.78, 5) is 20.6. The van der Waals surface area contributed by atoms with Crippen LogP contribution in [0.1, 0.15) is 31.6 Å². The standard InChI is InChI=1S/C24H22FN3O4/c1-30-21-8-6-15(10-22(21)31-18-4-2-3-5-18)16-12-26-24(29)28(13-16)14-23-27-19-11-17(25)7-9-20(19)32-23/h6-13,18H,2-5,14H2,1H3. The summed E-state index contributed by atoms with van der Waals surface area (Å²) < 4.78 is 32.1. The number of fused-ring (bicyclic) bond motifs is 1. The molecule has 0 spiro atoms. The predicted octanol–water partition coefficient (Wildman–Crippen LogP) is 4.57. The Kier molecular flexibility index (Phi) is 5.34. The van der Waals surface area contributed by atoms with Crippen LogP contribution in [0.3, 0.4) is 0 Å². The van der Waals surface area contributed by atoms with E-state index in [1.807, 2.05) is 18.2 Å². The van der Waals surface area contributed by atoms with Gasteiger partial charge in [0.15, 0.2) is 17.1 Å². The van der Waals surface area contributed by atoms with Crippen molar-refractivity contribution in [3.05, 3.63) is 71.0 Å². The number of methoxy groups -OCH3 is 1. The van der Waals surface area contributed by atoms with Crippen LogP contribution in [0.15, 0.2) is 58.0 Å². The van der Waals surface area contributed by atoms with Crippen molar-refractivity contribution in [2.75, 3.05) is 7.11 Å². The van der Waals surface area contributed by atoms with E-state index >= 15 is 0 Å². The van der Waals surface area contributed by atoms with Gasteiger partial charge in [-0.25, -0.2) is 19.2 Å². The van der Waals surface area contributed by atoms with Gasteiger partial charge in [0, 0.05) is 24.0 Å². The molecule has 164 valence electrons. The fourth-order valence-corrected chi connectivity index (χ4v) is 4.01. The fraction of sp³-hybridized carbons (Fsp3) is 0.292. The highest BCUT2D eigenvalue weighted by atomic mass is 19.1. The van der Waals surface area contributed by atoms with E-state index in [1.165, 1.54) is 41.8 Å². The molecule has 1 aliphatic rings. The van der Waals surface area contributed by atoms with Crippen molar-refractivity contribution in [3.8, 4) is 22.6 Å². The van der Waals surface area contributed by atoms with Crippen LogP contribution in [0.5, 0.6) is 11.5 Å². The molecule has 0 unspecified atom stereocenters. The van der Waals surface area contributed by atoms with Crippen LogP contribution in [0, 0.1) is 5.82 Å². The number of nitrogens with zero attached hydrogens (tertiary/aromatic N) is 3. The Labute approximate surface area is 183 Å². The summed E-state index contributed by atoms with van der Waals surface area (Å²) in [6.45, 7) is 0.0809. The molecule has 5 rings (SSSR count). The third kappa shape index (κ3) is 4.08. The second kappa shape index (κ2) is 8.45. The smallest absolute Gasteiger partial charge is 0.348 e. The van der Waals surface area contributed by atoms with E-state index in [4.69, 9.17) is 13.9 Å². The summed E-state index contributed by atoms with van der Waals surface area (Å²) in [6.07, 6.45) is 7.83. The highest BCUT2D eigenvalue weighted by Crippen LogP contribution is 2.35. The second-order valence-corrected chi connectivity index (χ2v) is 7.86. The van der Waals surface area contributed by atoms with Gasteiger partial charge in [-0.3, -0.25) is 4.57 Å². The molecular weight excluding hydrogens is 413 g/mol. The van der Waals surface area contributed by atoms with Gasteiger partial charge in [-0.1, -0.05) is 6.07 Å². The molecule has 4 aromatic rings. The molecule has 32 heavy (non-hydrogen) atoms. The van der Waals surface area contributed by atoms with Crippen LogP contribution in [0.2, 0.25) is 0 Å². The normalized spacial score (nSPS) is 14.2. The third-order valence-corrected chi connectivity index (χ3v) is 5.65. The van der Waals surface area contributed by atoms with Crippen molar-refractivity contribution >= 4 is 11.1 Å². The maximum atomic E-state index is 13.4. The average molecular weight is 435 g/mol. The van der Waals surface area contributed by atoms with Crippen molar-refractivity contribution in [1.82, 2.24) is 14.5 Å². The molecule has 1 fully saturated rings. The molecule has 2 aromatic carbocycles. The summed E-state index contributed by atoms with van der Waals surface area (Å²) >= 11 is 0.